The fourth-order valence-corrected chi connectivity index (χ4v) is 1.76. The minimum atomic E-state index is -0.174. The van der Waals surface area contributed by atoms with E-state index in [-0.39, 0.29) is 5.91 Å². The van der Waals surface area contributed by atoms with Gasteiger partial charge in [-0.2, -0.15) is 0 Å². The highest BCUT2D eigenvalue weighted by Crippen LogP contribution is 2.23. The van der Waals surface area contributed by atoms with Crippen molar-refractivity contribution in [3.8, 4) is 5.75 Å². The number of hydrogen-bond donors (Lipinski definition) is 1. The number of ether oxygens (including phenoxy) is 1. The van der Waals surface area contributed by atoms with Crippen molar-refractivity contribution >= 4 is 23.1 Å². The quantitative estimate of drug-likeness (QED) is 0.887. The van der Waals surface area contributed by atoms with Crippen LogP contribution in [0.2, 0.25) is 0 Å². The van der Waals surface area contributed by atoms with Gasteiger partial charge in [-0.25, -0.2) is 4.37 Å². The Morgan fingerprint density at radius 1 is 1.38 bits per heavy atom. The third-order valence-corrected chi connectivity index (χ3v) is 2.76. The lowest BCUT2D eigenvalue weighted by molar-refractivity contribution is 0.103. The van der Waals surface area contributed by atoms with Gasteiger partial charge in [0.1, 0.15) is 10.6 Å². The molecule has 1 heterocycles. The zero-order valence-corrected chi connectivity index (χ0v) is 9.45. The van der Waals surface area contributed by atoms with Crippen LogP contribution >= 0.6 is 11.5 Å². The van der Waals surface area contributed by atoms with Crippen LogP contribution in [0.15, 0.2) is 36.5 Å². The van der Waals surface area contributed by atoms with E-state index < -0.39 is 0 Å². The van der Waals surface area contributed by atoms with Gasteiger partial charge in [-0.1, -0.05) is 12.1 Å². The molecule has 0 bridgehead atoms. The van der Waals surface area contributed by atoms with E-state index in [0.29, 0.717) is 16.3 Å². The Morgan fingerprint density at radius 2 is 2.19 bits per heavy atom. The van der Waals surface area contributed by atoms with Gasteiger partial charge < -0.3 is 10.1 Å². The molecule has 0 radical (unpaired) electrons. The molecule has 4 nitrogen and oxygen atoms in total. The molecule has 0 aliphatic heterocycles. The first-order chi connectivity index (χ1) is 7.81. The zero-order valence-electron chi connectivity index (χ0n) is 8.64. The van der Waals surface area contributed by atoms with Crippen molar-refractivity contribution in [2.24, 2.45) is 0 Å². The standard InChI is InChI=1S/C11H10N2O2S/c1-15-9-5-3-2-4-8(9)13-11(14)10-6-7-12-16-10/h2-7H,1H3,(H,13,14). The van der Waals surface area contributed by atoms with Crippen LogP contribution in [0, 0.1) is 0 Å². The highest BCUT2D eigenvalue weighted by Gasteiger charge is 2.10. The van der Waals surface area contributed by atoms with E-state index in [9.17, 15) is 4.79 Å². The van der Waals surface area contributed by atoms with Gasteiger partial charge in [-0.3, -0.25) is 4.79 Å². The van der Waals surface area contributed by atoms with E-state index in [4.69, 9.17) is 4.74 Å². The topological polar surface area (TPSA) is 51.2 Å². The van der Waals surface area contributed by atoms with Gasteiger partial charge in [0.2, 0.25) is 0 Å². The second-order valence-electron chi connectivity index (χ2n) is 3.03. The van der Waals surface area contributed by atoms with Crippen LogP contribution in [0.5, 0.6) is 5.75 Å². The van der Waals surface area contributed by atoms with Crippen LogP contribution in [0.1, 0.15) is 9.67 Å². The van der Waals surface area contributed by atoms with Crippen LogP contribution in [0.25, 0.3) is 0 Å². The van der Waals surface area contributed by atoms with Crippen molar-refractivity contribution < 1.29 is 9.53 Å². The summed E-state index contributed by atoms with van der Waals surface area (Å²) in [5.41, 5.74) is 0.656. The van der Waals surface area contributed by atoms with Crippen LogP contribution < -0.4 is 10.1 Å². The molecule has 0 saturated carbocycles. The SMILES string of the molecule is COc1ccccc1NC(=O)c1ccns1. The molecule has 1 aromatic heterocycles. The molecule has 5 heteroatoms. The highest BCUT2D eigenvalue weighted by molar-refractivity contribution is 7.08. The molecular formula is C11H10N2O2S. The van der Waals surface area contributed by atoms with E-state index >= 15 is 0 Å². The molecule has 0 saturated heterocycles. The van der Waals surface area contributed by atoms with Crippen molar-refractivity contribution in [3.05, 3.63) is 41.4 Å². The van der Waals surface area contributed by atoms with E-state index in [2.05, 4.69) is 9.69 Å². The summed E-state index contributed by atoms with van der Waals surface area (Å²) in [6.07, 6.45) is 1.60. The maximum absolute atomic E-state index is 11.7. The van der Waals surface area contributed by atoms with E-state index in [1.165, 1.54) is 0 Å². The predicted molar refractivity (Wildman–Crippen MR) is 63.1 cm³/mol. The fourth-order valence-electron chi connectivity index (χ4n) is 1.26. The molecule has 2 aromatic rings. The Hall–Kier alpha value is -1.88. The Kier molecular flexibility index (Phi) is 3.16. The van der Waals surface area contributed by atoms with E-state index in [1.54, 1.807) is 31.5 Å². The molecule has 82 valence electrons. The van der Waals surface area contributed by atoms with Crippen molar-refractivity contribution in [3.63, 3.8) is 0 Å². The number of rotatable bonds is 3. The summed E-state index contributed by atoms with van der Waals surface area (Å²) in [6.45, 7) is 0. The normalized spacial score (nSPS) is 9.81. The van der Waals surface area contributed by atoms with Gasteiger partial charge in [-0.15, -0.1) is 0 Å². The maximum Gasteiger partial charge on any atom is 0.267 e. The van der Waals surface area contributed by atoms with Gasteiger partial charge in [0.05, 0.1) is 12.8 Å². The minimum absolute atomic E-state index is 0.174. The summed E-state index contributed by atoms with van der Waals surface area (Å²) in [7, 11) is 1.57. The Labute approximate surface area is 97.0 Å². The average Bonchev–Trinajstić information content (AvgIpc) is 2.83. The van der Waals surface area contributed by atoms with Gasteiger partial charge in [-0.05, 0) is 29.7 Å². The first-order valence-corrected chi connectivity index (χ1v) is 5.43. The van der Waals surface area contributed by atoms with Gasteiger partial charge in [0.15, 0.2) is 0 Å². The molecule has 0 fully saturated rings. The average molecular weight is 234 g/mol. The largest absolute Gasteiger partial charge is 0.495 e. The molecule has 2 rings (SSSR count). The Balaban J connectivity index is 2.18. The number of hydrogen-bond acceptors (Lipinski definition) is 4. The number of methoxy groups -OCH3 is 1. The molecule has 1 amide bonds. The Bertz CT molecular complexity index is 482. The number of carbonyl (C=O) groups excluding carboxylic acids is 1. The van der Waals surface area contributed by atoms with E-state index in [1.807, 2.05) is 12.1 Å². The number of amides is 1. The number of para-hydroxylation sites is 2. The summed E-state index contributed by atoms with van der Waals surface area (Å²) >= 11 is 1.16. The molecule has 16 heavy (non-hydrogen) atoms. The molecule has 0 aliphatic carbocycles. The van der Waals surface area contributed by atoms with Crippen molar-refractivity contribution in [1.82, 2.24) is 4.37 Å². The number of aromatic nitrogens is 1. The second-order valence-corrected chi connectivity index (χ2v) is 3.86. The minimum Gasteiger partial charge on any atom is -0.495 e. The first-order valence-electron chi connectivity index (χ1n) is 4.66. The molecule has 1 N–H and O–H groups in total. The van der Waals surface area contributed by atoms with Crippen LogP contribution in [-0.2, 0) is 0 Å². The monoisotopic (exact) mass is 234 g/mol. The fraction of sp³-hybridized carbons (Fsp3) is 0.0909. The van der Waals surface area contributed by atoms with Crippen molar-refractivity contribution in [1.29, 1.82) is 0 Å². The third kappa shape index (κ3) is 2.20. The lowest BCUT2D eigenvalue weighted by Gasteiger charge is -2.08. The molecule has 0 aliphatic rings. The smallest absolute Gasteiger partial charge is 0.267 e. The molecule has 0 unspecified atom stereocenters. The highest BCUT2D eigenvalue weighted by atomic mass is 32.1. The number of anilines is 1. The Morgan fingerprint density at radius 3 is 2.88 bits per heavy atom. The number of nitrogens with zero attached hydrogens (tertiary/aromatic N) is 1. The zero-order chi connectivity index (χ0) is 11.4. The summed E-state index contributed by atoms with van der Waals surface area (Å²) in [4.78, 5) is 12.3. The van der Waals surface area contributed by atoms with Gasteiger partial charge in [0.25, 0.3) is 5.91 Å². The number of nitrogens with one attached hydrogen (secondary N) is 1. The lowest BCUT2D eigenvalue weighted by Crippen LogP contribution is -2.10. The number of benzene rings is 1. The number of carbonyl (C=O) groups is 1. The summed E-state index contributed by atoms with van der Waals surface area (Å²) in [5.74, 6) is 0.465. The summed E-state index contributed by atoms with van der Waals surface area (Å²) in [6, 6.07) is 8.95. The summed E-state index contributed by atoms with van der Waals surface area (Å²) in [5, 5.41) is 2.77. The van der Waals surface area contributed by atoms with Crippen molar-refractivity contribution in [2.45, 2.75) is 0 Å². The molecule has 1 aromatic carbocycles. The van der Waals surface area contributed by atoms with Crippen LogP contribution in [0.3, 0.4) is 0 Å². The summed E-state index contributed by atoms with van der Waals surface area (Å²) < 4.78 is 9.01. The van der Waals surface area contributed by atoms with Gasteiger partial charge >= 0.3 is 0 Å². The molecule has 0 atom stereocenters. The predicted octanol–water partition coefficient (Wildman–Crippen LogP) is 2.40. The maximum atomic E-state index is 11.7. The first kappa shape index (κ1) is 10.6. The molecular weight excluding hydrogens is 224 g/mol. The van der Waals surface area contributed by atoms with Crippen LogP contribution in [0.4, 0.5) is 5.69 Å². The van der Waals surface area contributed by atoms with E-state index in [0.717, 1.165) is 11.5 Å². The van der Waals surface area contributed by atoms with Crippen molar-refractivity contribution in [2.75, 3.05) is 12.4 Å². The van der Waals surface area contributed by atoms with Crippen LogP contribution in [-0.4, -0.2) is 17.4 Å². The third-order valence-electron chi connectivity index (χ3n) is 2.02. The second kappa shape index (κ2) is 4.76. The lowest BCUT2D eigenvalue weighted by atomic mass is 10.3. The molecule has 0 spiro atoms. The van der Waals surface area contributed by atoms with Gasteiger partial charge in [0, 0.05) is 6.20 Å².